The molecule has 126 valence electrons. The first-order valence-electron chi connectivity index (χ1n) is 8.79. The van der Waals surface area contributed by atoms with Gasteiger partial charge in [-0.3, -0.25) is 4.79 Å². The van der Waals surface area contributed by atoms with E-state index in [9.17, 15) is 9.90 Å². The molecule has 0 radical (unpaired) electrons. The van der Waals surface area contributed by atoms with Gasteiger partial charge < -0.3 is 10.0 Å². The SMILES string of the molecule is O=C(c1cc2ccccc2cc1O)N1CCCC1Cc1ccccc1. The van der Waals surface area contributed by atoms with Crippen LogP contribution in [-0.2, 0) is 6.42 Å². The van der Waals surface area contributed by atoms with Crippen molar-refractivity contribution in [1.82, 2.24) is 4.90 Å². The molecule has 1 heterocycles. The maximum atomic E-state index is 13.1. The topological polar surface area (TPSA) is 40.5 Å². The summed E-state index contributed by atoms with van der Waals surface area (Å²) in [6, 6.07) is 21.8. The van der Waals surface area contributed by atoms with Gasteiger partial charge in [-0.25, -0.2) is 0 Å². The number of hydrogen-bond acceptors (Lipinski definition) is 2. The number of phenolic OH excluding ortho intramolecular Hbond substituents is 1. The number of carbonyl (C=O) groups is 1. The van der Waals surface area contributed by atoms with E-state index in [4.69, 9.17) is 0 Å². The van der Waals surface area contributed by atoms with E-state index in [2.05, 4.69) is 12.1 Å². The molecule has 1 unspecified atom stereocenters. The van der Waals surface area contributed by atoms with E-state index >= 15 is 0 Å². The number of aromatic hydroxyl groups is 1. The van der Waals surface area contributed by atoms with Gasteiger partial charge in [-0.15, -0.1) is 0 Å². The lowest BCUT2D eigenvalue weighted by atomic mass is 10.0. The van der Waals surface area contributed by atoms with Gasteiger partial charge in [0, 0.05) is 12.6 Å². The molecule has 0 saturated carbocycles. The van der Waals surface area contributed by atoms with E-state index < -0.39 is 0 Å². The number of nitrogens with zero attached hydrogens (tertiary/aromatic N) is 1. The van der Waals surface area contributed by atoms with E-state index in [1.807, 2.05) is 53.4 Å². The highest BCUT2D eigenvalue weighted by Gasteiger charge is 2.30. The van der Waals surface area contributed by atoms with Crippen LogP contribution in [0.25, 0.3) is 10.8 Å². The zero-order chi connectivity index (χ0) is 17.2. The fourth-order valence-corrected chi connectivity index (χ4v) is 3.76. The van der Waals surface area contributed by atoms with Gasteiger partial charge in [0.1, 0.15) is 5.75 Å². The van der Waals surface area contributed by atoms with Crippen LogP contribution in [0.5, 0.6) is 5.75 Å². The van der Waals surface area contributed by atoms with Crippen molar-refractivity contribution in [2.24, 2.45) is 0 Å². The van der Waals surface area contributed by atoms with Crippen molar-refractivity contribution < 1.29 is 9.90 Å². The molecule has 0 aliphatic carbocycles. The van der Waals surface area contributed by atoms with Crippen molar-refractivity contribution in [3.63, 3.8) is 0 Å². The average molecular weight is 331 g/mol. The smallest absolute Gasteiger partial charge is 0.257 e. The lowest BCUT2D eigenvalue weighted by molar-refractivity contribution is 0.0733. The third-order valence-corrected chi connectivity index (χ3v) is 5.05. The van der Waals surface area contributed by atoms with Crippen LogP contribution in [0.2, 0.25) is 0 Å². The molecule has 1 saturated heterocycles. The quantitative estimate of drug-likeness (QED) is 0.773. The zero-order valence-corrected chi connectivity index (χ0v) is 14.1. The second-order valence-electron chi connectivity index (χ2n) is 6.70. The Morgan fingerprint density at radius 3 is 2.44 bits per heavy atom. The maximum absolute atomic E-state index is 13.1. The standard InChI is InChI=1S/C22H21NO2/c24-21-15-18-10-5-4-9-17(18)14-20(21)22(25)23-12-6-11-19(23)13-16-7-2-1-3-8-16/h1-5,7-10,14-15,19,24H,6,11-13H2. The molecular weight excluding hydrogens is 310 g/mol. The highest BCUT2D eigenvalue weighted by Crippen LogP contribution is 2.29. The molecule has 3 aromatic rings. The van der Waals surface area contributed by atoms with Crippen molar-refractivity contribution in [2.45, 2.75) is 25.3 Å². The molecule has 3 nitrogen and oxygen atoms in total. The number of hydrogen-bond donors (Lipinski definition) is 1. The minimum Gasteiger partial charge on any atom is -0.507 e. The van der Waals surface area contributed by atoms with Crippen LogP contribution in [0, 0.1) is 0 Å². The van der Waals surface area contributed by atoms with E-state index in [1.54, 1.807) is 6.07 Å². The summed E-state index contributed by atoms with van der Waals surface area (Å²) in [6.45, 7) is 0.753. The fourth-order valence-electron chi connectivity index (χ4n) is 3.76. The van der Waals surface area contributed by atoms with Crippen molar-refractivity contribution in [3.8, 4) is 5.75 Å². The molecule has 1 fully saturated rings. The lowest BCUT2D eigenvalue weighted by Crippen LogP contribution is -2.36. The molecule has 0 bridgehead atoms. The predicted octanol–water partition coefficient (Wildman–Crippen LogP) is 4.39. The van der Waals surface area contributed by atoms with Gasteiger partial charge in [0.2, 0.25) is 0 Å². The van der Waals surface area contributed by atoms with Gasteiger partial charge in [0.15, 0.2) is 0 Å². The maximum Gasteiger partial charge on any atom is 0.257 e. The van der Waals surface area contributed by atoms with Crippen LogP contribution >= 0.6 is 0 Å². The molecule has 3 heteroatoms. The Bertz CT molecular complexity index is 904. The van der Waals surface area contributed by atoms with Gasteiger partial charge in [-0.2, -0.15) is 0 Å². The summed E-state index contributed by atoms with van der Waals surface area (Å²) in [5.74, 6) is -0.00394. The molecule has 4 rings (SSSR count). The molecule has 3 aromatic carbocycles. The Balaban J connectivity index is 1.62. The van der Waals surface area contributed by atoms with Crippen LogP contribution in [0.4, 0.5) is 0 Å². The Labute approximate surface area is 147 Å². The number of benzene rings is 3. The Morgan fingerprint density at radius 2 is 1.68 bits per heavy atom. The number of amides is 1. The first-order chi connectivity index (χ1) is 12.2. The van der Waals surface area contributed by atoms with Crippen LogP contribution in [0.3, 0.4) is 0 Å². The van der Waals surface area contributed by atoms with E-state index in [1.165, 1.54) is 5.56 Å². The first kappa shape index (κ1) is 15.7. The number of fused-ring (bicyclic) bond motifs is 1. The monoisotopic (exact) mass is 331 g/mol. The first-order valence-corrected chi connectivity index (χ1v) is 8.79. The van der Waals surface area contributed by atoms with Gasteiger partial charge in [-0.1, -0.05) is 54.6 Å². The molecule has 1 aliphatic rings. The highest BCUT2D eigenvalue weighted by atomic mass is 16.3. The molecule has 0 aromatic heterocycles. The summed E-state index contributed by atoms with van der Waals surface area (Å²) in [5.41, 5.74) is 1.65. The molecule has 1 N–H and O–H groups in total. The molecule has 25 heavy (non-hydrogen) atoms. The minimum absolute atomic E-state index is 0.0639. The third-order valence-electron chi connectivity index (χ3n) is 5.05. The van der Waals surface area contributed by atoms with Gasteiger partial charge in [-0.05, 0) is 47.7 Å². The Hall–Kier alpha value is -2.81. The normalized spacial score (nSPS) is 17.1. The van der Waals surface area contributed by atoms with Crippen LogP contribution in [-0.4, -0.2) is 28.5 Å². The minimum atomic E-state index is -0.0679. The molecular formula is C22H21NO2. The van der Waals surface area contributed by atoms with Crippen LogP contribution in [0.1, 0.15) is 28.8 Å². The number of phenols is 1. The molecule has 1 amide bonds. The number of rotatable bonds is 3. The number of likely N-dealkylation sites (tertiary alicyclic amines) is 1. The van der Waals surface area contributed by atoms with Crippen molar-refractivity contribution in [1.29, 1.82) is 0 Å². The lowest BCUT2D eigenvalue weighted by Gasteiger charge is -2.25. The summed E-state index contributed by atoms with van der Waals surface area (Å²) >= 11 is 0. The summed E-state index contributed by atoms with van der Waals surface area (Å²) in [5, 5.41) is 12.3. The second-order valence-corrected chi connectivity index (χ2v) is 6.70. The zero-order valence-electron chi connectivity index (χ0n) is 14.1. The molecule has 0 spiro atoms. The summed E-state index contributed by atoms with van der Waals surface area (Å²) in [4.78, 5) is 15.0. The van der Waals surface area contributed by atoms with E-state index in [-0.39, 0.29) is 17.7 Å². The van der Waals surface area contributed by atoms with Crippen LogP contribution in [0.15, 0.2) is 66.7 Å². The van der Waals surface area contributed by atoms with Gasteiger partial charge in [0.25, 0.3) is 5.91 Å². The largest absolute Gasteiger partial charge is 0.507 e. The van der Waals surface area contributed by atoms with Crippen LogP contribution < -0.4 is 0 Å². The Morgan fingerprint density at radius 1 is 1.00 bits per heavy atom. The van der Waals surface area contributed by atoms with Crippen molar-refractivity contribution in [3.05, 3.63) is 77.9 Å². The summed E-state index contributed by atoms with van der Waals surface area (Å²) < 4.78 is 0. The van der Waals surface area contributed by atoms with Crippen molar-refractivity contribution in [2.75, 3.05) is 6.54 Å². The fraction of sp³-hybridized carbons (Fsp3) is 0.227. The predicted molar refractivity (Wildman–Crippen MR) is 99.8 cm³/mol. The average Bonchev–Trinajstić information content (AvgIpc) is 3.09. The Kier molecular flexibility index (Phi) is 4.14. The number of carbonyl (C=O) groups excluding carboxylic acids is 1. The highest BCUT2D eigenvalue weighted by molar-refractivity contribution is 6.01. The van der Waals surface area contributed by atoms with Crippen molar-refractivity contribution >= 4 is 16.7 Å². The third kappa shape index (κ3) is 3.10. The van der Waals surface area contributed by atoms with E-state index in [0.717, 1.165) is 36.6 Å². The molecule has 1 aliphatic heterocycles. The second kappa shape index (κ2) is 6.60. The molecule has 1 atom stereocenters. The summed E-state index contributed by atoms with van der Waals surface area (Å²) in [7, 11) is 0. The van der Waals surface area contributed by atoms with Gasteiger partial charge >= 0.3 is 0 Å². The van der Waals surface area contributed by atoms with Gasteiger partial charge in [0.05, 0.1) is 5.56 Å². The summed E-state index contributed by atoms with van der Waals surface area (Å²) in [6.07, 6.45) is 2.88. The van der Waals surface area contributed by atoms with E-state index in [0.29, 0.717) is 5.56 Å².